The summed E-state index contributed by atoms with van der Waals surface area (Å²) in [7, 11) is 0. The molecule has 12 fully saturated rings. The minimum absolute atomic E-state index is 0.652. The maximum absolute atomic E-state index is 2.68. The zero-order valence-corrected chi connectivity index (χ0v) is 28.0. The van der Waals surface area contributed by atoms with E-state index in [0.717, 1.165) is 59.2 Å². The summed E-state index contributed by atoms with van der Waals surface area (Å²) in [6.45, 7) is 25.8. The van der Waals surface area contributed by atoms with Gasteiger partial charge >= 0.3 is 0 Å². The van der Waals surface area contributed by atoms with Crippen LogP contribution < -0.4 is 0 Å². The Morgan fingerprint density at radius 2 is 0.974 bits per heavy atom. The molecule has 8 bridgehead atoms. The van der Waals surface area contributed by atoms with Crippen LogP contribution in [0, 0.1) is 91.7 Å². The fourth-order valence-corrected chi connectivity index (χ4v) is 14.4. The Kier molecular flexibility index (Phi) is 5.94. The van der Waals surface area contributed by atoms with Crippen molar-refractivity contribution >= 4 is 0 Å². The van der Waals surface area contributed by atoms with Crippen molar-refractivity contribution < 1.29 is 0 Å². The van der Waals surface area contributed by atoms with E-state index in [2.05, 4.69) is 69.2 Å². The highest BCUT2D eigenvalue weighted by atomic mass is 14.7. The van der Waals surface area contributed by atoms with E-state index in [-0.39, 0.29) is 0 Å². The van der Waals surface area contributed by atoms with Gasteiger partial charge in [-0.05, 0) is 175 Å². The molecular formula is C39H66. The summed E-state index contributed by atoms with van der Waals surface area (Å²) in [6, 6.07) is 0. The second-order valence-corrected chi connectivity index (χ2v) is 20.4. The first-order valence-corrected chi connectivity index (χ1v) is 18.0. The third kappa shape index (κ3) is 3.66. The molecule has 0 aromatic heterocycles. The molecule has 0 aliphatic heterocycles. The SMILES string of the molecule is CC1(C)C2CC1CC(C1(C)CCC3CC1C3(C)C)C2.CC1(CC2CCC3CC2C3(C)C)CCC2CC1C2(C)C. The molecule has 39 heavy (non-hydrogen) atoms. The van der Waals surface area contributed by atoms with Gasteiger partial charge < -0.3 is 0 Å². The Balaban J connectivity index is 0.000000130. The van der Waals surface area contributed by atoms with Crippen molar-refractivity contribution in [3.8, 4) is 0 Å². The smallest absolute Gasteiger partial charge is 0.0264 e. The summed E-state index contributed by atoms with van der Waals surface area (Å²) in [4.78, 5) is 0. The lowest BCUT2D eigenvalue weighted by Gasteiger charge is -2.70. The average Bonchev–Trinajstić information content (AvgIpc) is 2.88. The summed E-state index contributed by atoms with van der Waals surface area (Å²) in [5.74, 6) is 10.5. The van der Waals surface area contributed by atoms with E-state index in [1.165, 1.54) is 32.1 Å². The maximum Gasteiger partial charge on any atom is -0.0264 e. The Morgan fingerprint density at radius 3 is 1.46 bits per heavy atom. The van der Waals surface area contributed by atoms with Crippen LogP contribution in [0.3, 0.4) is 0 Å². The van der Waals surface area contributed by atoms with Crippen molar-refractivity contribution in [1.82, 2.24) is 0 Å². The van der Waals surface area contributed by atoms with E-state index >= 15 is 0 Å². The minimum atomic E-state index is 0.652. The molecule has 12 saturated carbocycles. The van der Waals surface area contributed by atoms with Crippen LogP contribution in [0.5, 0.6) is 0 Å². The molecule has 11 unspecified atom stereocenters. The highest BCUT2D eigenvalue weighted by molar-refractivity contribution is 5.14. The second kappa shape index (κ2) is 8.34. The van der Waals surface area contributed by atoms with Gasteiger partial charge in [0.2, 0.25) is 0 Å². The van der Waals surface area contributed by atoms with Crippen molar-refractivity contribution in [3.63, 3.8) is 0 Å². The Morgan fingerprint density at radius 1 is 0.436 bits per heavy atom. The van der Waals surface area contributed by atoms with E-state index in [4.69, 9.17) is 0 Å². The minimum Gasteiger partial charge on any atom is -0.0594 e. The number of rotatable bonds is 3. The van der Waals surface area contributed by atoms with Gasteiger partial charge in [0.25, 0.3) is 0 Å². The van der Waals surface area contributed by atoms with Gasteiger partial charge in [-0.2, -0.15) is 0 Å². The predicted molar refractivity (Wildman–Crippen MR) is 166 cm³/mol. The van der Waals surface area contributed by atoms with E-state index in [1.54, 1.807) is 51.4 Å². The lowest BCUT2D eigenvalue weighted by molar-refractivity contribution is -0.205. The first-order valence-electron chi connectivity index (χ1n) is 18.0. The average molecular weight is 535 g/mol. The van der Waals surface area contributed by atoms with Crippen LogP contribution in [-0.4, -0.2) is 0 Å². The number of fused-ring (bicyclic) bond motifs is 9. The molecule has 0 amide bonds. The quantitative estimate of drug-likeness (QED) is 0.338. The number of hydrogen-bond acceptors (Lipinski definition) is 0. The van der Waals surface area contributed by atoms with Gasteiger partial charge in [-0.25, -0.2) is 0 Å². The Hall–Kier alpha value is 0. The second-order valence-electron chi connectivity index (χ2n) is 20.4. The van der Waals surface area contributed by atoms with Crippen LogP contribution in [0.1, 0.15) is 153 Å². The van der Waals surface area contributed by atoms with Crippen LogP contribution in [0.15, 0.2) is 0 Å². The van der Waals surface area contributed by atoms with Crippen LogP contribution in [0.2, 0.25) is 0 Å². The fraction of sp³-hybridized carbons (Fsp3) is 1.00. The summed E-state index contributed by atoms with van der Waals surface area (Å²) in [5.41, 5.74) is 4.02. The first kappa shape index (κ1) is 27.8. The molecule has 0 spiro atoms. The van der Waals surface area contributed by atoms with Crippen LogP contribution in [0.4, 0.5) is 0 Å². The zero-order valence-electron chi connectivity index (χ0n) is 28.0. The summed E-state index contributed by atoms with van der Waals surface area (Å²) >= 11 is 0. The molecule has 222 valence electrons. The highest BCUT2D eigenvalue weighted by Crippen LogP contribution is 2.73. The fourth-order valence-electron chi connectivity index (χ4n) is 14.4. The van der Waals surface area contributed by atoms with Crippen LogP contribution in [0.25, 0.3) is 0 Å². The van der Waals surface area contributed by atoms with Crippen molar-refractivity contribution in [2.24, 2.45) is 91.7 Å². The van der Waals surface area contributed by atoms with Crippen molar-refractivity contribution in [2.75, 3.05) is 0 Å². The molecule has 0 saturated heterocycles. The zero-order chi connectivity index (χ0) is 28.0. The van der Waals surface area contributed by atoms with E-state index in [1.807, 2.05) is 0 Å². The van der Waals surface area contributed by atoms with Gasteiger partial charge in [0, 0.05) is 0 Å². The summed E-state index contributed by atoms with van der Waals surface area (Å²) in [6.07, 6.45) is 20.1. The van der Waals surface area contributed by atoms with Crippen LogP contribution in [-0.2, 0) is 0 Å². The summed E-state index contributed by atoms with van der Waals surface area (Å²) < 4.78 is 0. The van der Waals surface area contributed by atoms with Gasteiger partial charge in [0.15, 0.2) is 0 Å². The lowest BCUT2D eigenvalue weighted by Crippen LogP contribution is -2.62. The molecule has 12 aliphatic rings. The normalized spacial score (nSPS) is 55.8. The van der Waals surface area contributed by atoms with Gasteiger partial charge in [0.1, 0.15) is 0 Å². The highest BCUT2D eigenvalue weighted by Gasteiger charge is 2.65. The van der Waals surface area contributed by atoms with E-state index in [9.17, 15) is 0 Å². The lowest BCUT2D eigenvalue weighted by atomic mass is 9.35. The molecule has 12 aliphatic carbocycles. The van der Waals surface area contributed by atoms with E-state index in [0.29, 0.717) is 32.5 Å². The predicted octanol–water partition coefficient (Wildman–Crippen LogP) is 11.4. The largest absolute Gasteiger partial charge is 0.0594 e. The van der Waals surface area contributed by atoms with Crippen molar-refractivity contribution in [1.29, 1.82) is 0 Å². The van der Waals surface area contributed by atoms with Gasteiger partial charge in [-0.15, -0.1) is 0 Å². The van der Waals surface area contributed by atoms with Gasteiger partial charge in [-0.3, -0.25) is 0 Å². The van der Waals surface area contributed by atoms with E-state index < -0.39 is 0 Å². The van der Waals surface area contributed by atoms with Crippen molar-refractivity contribution in [3.05, 3.63) is 0 Å². The molecule has 11 atom stereocenters. The Labute approximate surface area is 244 Å². The third-order valence-electron chi connectivity index (χ3n) is 18.1. The number of hydrogen-bond donors (Lipinski definition) is 0. The molecule has 0 nitrogen and oxygen atoms in total. The molecule has 0 N–H and O–H groups in total. The topological polar surface area (TPSA) is 0 Å². The summed E-state index contributed by atoms with van der Waals surface area (Å²) in [5, 5.41) is 0. The van der Waals surface area contributed by atoms with Gasteiger partial charge in [0.05, 0.1) is 0 Å². The molecule has 0 heteroatoms. The molecular weight excluding hydrogens is 468 g/mol. The molecule has 0 heterocycles. The first-order chi connectivity index (χ1) is 18.0. The molecule has 0 aromatic rings. The van der Waals surface area contributed by atoms with Crippen LogP contribution >= 0.6 is 0 Å². The van der Waals surface area contributed by atoms with Crippen molar-refractivity contribution in [2.45, 2.75) is 153 Å². The standard InChI is InChI=1S/C20H34.C19H32/c1-18(2)14-7-6-13(16(18)10-14)12-20(5)9-8-15-11-17(20)19(15,3)4;1-17(2)13-8-14(17)10-15(9-13)19(5)7-6-12-11-16(19)18(12,3)4/h13-17H,6-12H2,1-5H3;12-16H,6-11H2,1-5H3. The molecule has 12 rings (SSSR count). The maximum atomic E-state index is 2.68. The Bertz CT molecular complexity index is 960. The molecule has 0 radical (unpaired) electrons. The molecule has 0 aromatic carbocycles. The third-order valence-corrected chi connectivity index (χ3v) is 18.1. The van der Waals surface area contributed by atoms with Gasteiger partial charge in [-0.1, -0.05) is 69.2 Å². The monoisotopic (exact) mass is 535 g/mol.